The number of aromatic nitrogens is 5. The van der Waals surface area contributed by atoms with Crippen molar-refractivity contribution in [1.29, 1.82) is 0 Å². The number of carbonyl (C=O) groups is 2. The number of pyridine rings is 1. The molecule has 5 rings (SSSR count). The predicted octanol–water partition coefficient (Wildman–Crippen LogP) is 5.41. The molecule has 0 bridgehead atoms. The van der Waals surface area contributed by atoms with Crippen LogP contribution in [0.25, 0.3) is 11.1 Å². The number of ether oxygens (including phenoxy) is 1. The van der Waals surface area contributed by atoms with Gasteiger partial charge in [-0.15, -0.1) is 0 Å². The lowest BCUT2D eigenvalue weighted by Gasteiger charge is -2.27. The lowest BCUT2D eigenvalue weighted by molar-refractivity contribution is -0.119. The zero-order valence-electron chi connectivity index (χ0n) is 29.1. The lowest BCUT2D eigenvalue weighted by Crippen LogP contribution is -2.50. The number of hydrogen-bond acceptors (Lipinski definition) is 7. The Labute approximate surface area is 287 Å². The normalized spacial score (nSPS) is 16.3. The van der Waals surface area contributed by atoms with E-state index in [4.69, 9.17) is 4.74 Å². The van der Waals surface area contributed by atoms with Crippen LogP contribution in [0.15, 0.2) is 24.4 Å². The van der Waals surface area contributed by atoms with Crippen molar-refractivity contribution in [2.45, 2.75) is 97.4 Å². The summed E-state index contributed by atoms with van der Waals surface area (Å²) >= 11 is -0.938. The van der Waals surface area contributed by atoms with Crippen LogP contribution in [0, 0.1) is 30.6 Å². The van der Waals surface area contributed by atoms with Crippen molar-refractivity contribution in [2.24, 2.45) is 17.8 Å². The molecule has 0 spiro atoms. The van der Waals surface area contributed by atoms with E-state index in [9.17, 15) is 14.1 Å². The Morgan fingerprint density at radius 3 is 2.46 bits per heavy atom. The number of aryl methyl sites for hydroxylation is 2. The number of amides is 2. The second kappa shape index (κ2) is 15.6. The minimum atomic E-state index is -1.23. The fourth-order valence-electron chi connectivity index (χ4n) is 6.43. The maximum absolute atomic E-state index is 15.7. The van der Waals surface area contributed by atoms with Gasteiger partial charge in [-0.1, -0.05) is 37.7 Å². The summed E-state index contributed by atoms with van der Waals surface area (Å²) in [4.78, 5) is 31.6. The Morgan fingerprint density at radius 2 is 1.85 bits per heavy atom. The lowest BCUT2D eigenvalue weighted by atomic mass is 9.88. The molecule has 2 fully saturated rings. The Bertz CT molecular complexity index is 1570. The van der Waals surface area contributed by atoms with Gasteiger partial charge in [-0.25, -0.2) is 9.67 Å². The van der Waals surface area contributed by atoms with E-state index < -0.39 is 43.1 Å². The zero-order valence-corrected chi connectivity index (χ0v) is 30.9. The third-order valence-electron chi connectivity index (χ3n) is 9.18. The smallest absolute Gasteiger partial charge is 0.270 e. The van der Waals surface area contributed by atoms with Crippen molar-refractivity contribution in [2.75, 3.05) is 23.9 Å². The highest BCUT2D eigenvalue weighted by Crippen LogP contribution is 2.51. The van der Waals surface area contributed by atoms with Crippen LogP contribution in [0.1, 0.15) is 60.9 Å². The molecule has 2 aliphatic rings. The molecule has 2 N–H and O–H groups in total. The molecule has 0 radical (unpaired) electrons. The molecule has 1 unspecified atom stereocenters. The second-order valence-corrected chi connectivity index (χ2v) is 21.6. The average molecular weight is 700 g/mol. The van der Waals surface area contributed by atoms with Crippen LogP contribution < -0.4 is 10.6 Å². The predicted molar refractivity (Wildman–Crippen MR) is 188 cm³/mol. The van der Waals surface area contributed by atoms with Gasteiger partial charge in [-0.2, -0.15) is 14.6 Å². The maximum Gasteiger partial charge on any atom is 0.270 e. The van der Waals surface area contributed by atoms with E-state index in [-0.39, 0.29) is 11.7 Å². The highest BCUT2D eigenvalue weighted by molar-refractivity contribution is 7.90. The molecule has 2 aliphatic carbocycles. The summed E-state index contributed by atoms with van der Waals surface area (Å²) in [6.07, 6.45) is 8.52. The molecule has 3 aromatic rings. The van der Waals surface area contributed by atoms with Gasteiger partial charge in [0.2, 0.25) is 11.9 Å². The van der Waals surface area contributed by atoms with E-state index in [1.54, 1.807) is 40.0 Å². The molecular formula is C34H50FN7O4SSi. The van der Waals surface area contributed by atoms with Crippen molar-refractivity contribution in [3.8, 4) is 11.1 Å². The molecule has 262 valence electrons. The molecule has 0 aromatic carbocycles. The largest absolute Gasteiger partial charge is 0.617 e. The summed E-state index contributed by atoms with van der Waals surface area (Å²) in [5, 5.41) is 14.8. The molecule has 11 nitrogen and oxygen atoms in total. The fourth-order valence-corrected chi connectivity index (χ4v) is 7.73. The molecular weight excluding hydrogens is 650 g/mol. The first kappa shape index (κ1) is 36.2. The number of anilines is 1. The van der Waals surface area contributed by atoms with E-state index >= 15 is 4.39 Å². The zero-order chi connectivity index (χ0) is 34.6. The Morgan fingerprint density at radius 1 is 1.15 bits per heavy atom. The fraction of sp³-hybridized carbons (Fsp3) is 0.618. The second-order valence-electron chi connectivity index (χ2n) is 14.4. The molecule has 48 heavy (non-hydrogen) atoms. The van der Waals surface area contributed by atoms with E-state index in [2.05, 4.69) is 45.5 Å². The summed E-state index contributed by atoms with van der Waals surface area (Å²) in [5.41, 5.74) is 2.88. The summed E-state index contributed by atoms with van der Waals surface area (Å²) in [5.74, 6) is -0.208. The molecule has 2 amide bonds. The van der Waals surface area contributed by atoms with Crippen molar-refractivity contribution >= 4 is 36.9 Å². The third-order valence-corrected chi connectivity index (χ3v) is 11.8. The molecule has 14 heteroatoms. The van der Waals surface area contributed by atoms with Crippen LogP contribution in [-0.2, 0) is 40.4 Å². The molecule has 3 heterocycles. The van der Waals surface area contributed by atoms with Gasteiger partial charge in [0, 0.05) is 50.7 Å². The van der Waals surface area contributed by atoms with Crippen LogP contribution in [-0.4, -0.2) is 73.6 Å². The van der Waals surface area contributed by atoms with Crippen molar-refractivity contribution in [3.63, 3.8) is 0 Å². The van der Waals surface area contributed by atoms with Crippen molar-refractivity contribution in [1.82, 2.24) is 29.9 Å². The first-order valence-corrected chi connectivity index (χ1v) is 22.5. The Kier molecular flexibility index (Phi) is 11.8. The van der Waals surface area contributed by atoms with Gasteiger partial charge in [-0.3, -0.25) is 14.3 Å². The maximum atomic E-state index is 15.7. The van der Waals surface area contributed by atoms with Gasteiger partial charge in [0.25, 0.3) is 5.91 Å². The van der Waals surface area contributed by atoms with E-state index in [0.717, 1.165) is 37.4 Å². The number of hydrogen-bond donors (Lipinski definition) is 2. The standard InChI is InChI=1S/C34H50FN7O4SSi/c1-7-26-29(22(2)40-42(26)21-46-18-20-48(4,5)6)25-13-14-28(37-32(25)35)38-34(44)31(30(23-9-10-23)24-11-12-24)39-33(43)27-15-16-36-41(27)17-8-19-47(3)45/h13-16,23-24,30-31H,7-12,17-21H2,1-6H3,(H,39,43)(H,37,38,44)/t31-,47?/m0/s1. The summed E-state index contributed by atoms with van der Waals surface area (Å²) < 4.78 is 36.6. The number of halogens is 1. The van der Waals surface area contributed by atoms with Crippen LogP contribution in [0.5, 0.6) is 0 Å². The Balaban J connectivity index is 1.31. The first-order chi connectivity index (χ1) is 22.9. The van der Waals surface area contributed by atoms with E-state index in [1.165, 1.54) is 0 Å². The first-order valence-electron chi connectivity index (χ1n) is 17.1. The molecule has 3 aromatic heterocycles. The van der Waals surface area contributed by atoms with Gasteiger partial charge in [0.1, 0.15) is 30.0 Å². The molecule has 0 aliphatic heterocycles. The van der Waals surface area contributed by atoms with E-state index in [0.29, 0.717) is 72.8 Å². The average Bonchev–Trinajstić information content (AvgIpc) is 3.95. The minimum absolute atomic E-state index is 0.00878. The number of nitrogens with one attached hydrogen (secondary N) is 2. The molecule has 2 saturated carbocycles. The number of nitrogens with zero attached hydrogens (tertiary/aromatic N) is 5. The van der Waals surface area contributed by atoms with Gasteiger partial charge in [-0.05, 0) is 81.0 Å². The topological polar surface area (TPSA) is 139 Å². The number of carbonyl (C=O) groups excluding carboxylic acids is 2. The molecule has 0 saturated heterocycles. The van der Waals surface area contributed by atoms with E-state index in [1.807, 2.05) is 13.8 Å². The highest BCUT2D eigenvalue weighted by Gasteiger charge is 2.48. The van der Waals surface area contributed by atoms with Crippen LogP contribution in [0.4, 0.5) is 10.2 Å². The van der Waals surface area contributed by atoms with Gasteiger partial charge in [0.05, 0.1) is 11.9 Å². The third kappa shape index (κ3) is 9.33. The number of rotatable bonds is 18. The summed E-state index contributed by atoms with van der Waals surface area (Å²) in [6, 6.07) is 5.10. The highest BCUT2D eigenvalue weighted by atomic mass is 32.2. The SMILES string of the molecule is CCc1c(-c2ccc(NC(=O)[C@@H](NC(=O)c3ccnn3CCC[S+](C)[O-])C(C3CC3)C3CC3)nc2F)c(C)nn1COCC[Si](C)(C)C. The minimum Gasteiger partial charge on any atom is -0.617 e. The quantitative estimate of drug-likeness (QED) is 0.0784. The van der Waals surface area contributed by atoms with Crippen molar-refractivity contribution < 1.29 is 23.3 Å². The van der Waals surface area contributed by atoms with Crippen LogP contribution in [0.2, 0.25) is 25.7 Å². The van der Waals surface area contributed by atoms with Crippen LogP contribution >= 0.6 is 0 Å². The Hall–Kier alpha value is -3.07. The summed E-state index contributed by atoms with van der Waals surface area (Å²) in [7, 11) is -1.23. The van der Waals surface area contributed by atoms with Gasteiger partial charge < -0.3 is 19.9 Å². The van der Waals surface area contributed by atoms with Gasteiger partial charge >= 0.3 is 0 Å². The molecule has 2 atom stereocenters. The van der Waals surface area contributed by atoms with Crippen molar-refractivity contribution in [3.05, 3.63) is 47.4 Å². The van der Waals surface area contributed by atoms with Gasteiger partial charge in [0.15, 0.2) is 0 Å². The monoisotopic (exact) mass is 699 g/mol. The van der Waals surface area contributed by atoms with Crippen LogP contribution in [0.3, 0.4) is 0 Å². The summed E-state index contributed by atoms with van der Waals surface area (Å²) in [6.45, 7) is 12.2.